The first-order chi connectivity index (χ1) is 9.12. The van der Waals surface area contributed by atoms with Crippen LogP contribution < -0.4 is 14.8 Å². The molecule has 2 aromatic rings. The molecular formula is C14H17N3O2. The molecule has 0 aliphatic heterocycles. The molecule has 1 aromatic heterocycles. The summed E-state index contributed by atoms with van der Waals surface area (Å²) in [6, 6.07) is 7.45. The van der Waals surface area contributed by atoms with Crippen LogP contribution in [0.4, 0.5) is 11.6 Å². The second-order valence-corrected chi connectivity index (χ2v) is 4.17. The fourth-order valence-corrected chi connectivity index (χ4v) is 1.81. The standard InChI is InChI=1S/C14H17N3O2/c1-9-7-10(2)16-14(15-9)17-12-8-11(18-3)5-6-13(12)19-4/h5-8H,1-4H3,(H,15,16,17). The Kier molecular flexibility index (Phi) is 3.85. The Morgan fingerprint density at radius 1 is 0.947 bits per heavy atom. The minimum absolute atomic E-state index is 0.545. The average molecular weight is 259 g/mol. The minimum Gasteiger partial charge on any atom is -0.497 e. The maximum absolute atomic E-state index is 5.30. The third-order valence-electron chi connectivity index (χ3n) is 2.64. The molecular weight excluding hydrogens is 242 g/mol. The van der Waals surface area contributed by atoms with Crippen LogP contribution in [0.5, 0.6) is 11.5 Å². The highest BCUT2D eigenvalue weighted by molar-refractivity contribution is 5.65. The molecule has 5 heteroatoms. The summed E-state index contributed by atoms with van der Waals surface area (Å²) >= 11 is 0. The van der Waals surface area contributed by atoms with E-state index in [0.29, 0.717) is 11.7 Å². The Morgan fingerprint density at radius 2 is 1.63 bits per heavy atom. The number of benzene rings is 1. The van der Waals surface area contributed by atoms with Crippen molar-refractivity contribution < 1.29 is 9.47 Å². The van der Waals surface area contributed by atoms with Gasteiger partial charge in [-0.3, -0.25) is 0 Å². The Bertz CT molecular complexity index is 565. The summed E-state index contributed by atoms with van der Waals surface area (Å²) in [5.41, 5.74) is 2.60. The van der Waals surface area contributed by atoms with Crippen molar-refractivity contribution in [3.63, 3.8) is 0 Å². The SMILES string of the molecule is COc1ccc(OC)c(Nc2nc(C)cc(C)n2)c1. The second-order valence-electron chi connectivity index (χ2n) is 4.17. The van der Waals surface area contributed by atoms with Gasteiger partial charge in [-0.1, -0.05) is 0 Å². The lowest BCUT2D eigenvalue weighted by atomic mass is 10.2. The largest absolute Gasteiger partial charge is 0.497 e. The van der Waals surface area contributed by atoms with Gasteiger partial charge in [0.05, 0.1) is 19.9 Å². The molecule has 0 saturated heterocycles. The summed E-state index contributed by atoms with van der Waals surface area (Å²) in [5, 5.41) is 3.15. The zero-order valence-corrected chi connectivity index (χ0v) is 11.5. The summed E-state index contributed by atoms with van der Waals surface area (Å²) in [7, 11) is 3.24. The van der Waals surface area contributed by atoms with Crippen molar-refractivity contribution >= 4 is 11.6 Å². The Labute approximate surface area is 112 Å². The van der Waals surface area contributed by atoms with Crippen molar-refractivity contribution in [2.24, 2.45) is 0 Å². The monoisotopic (exact) mass is 259 g/mol. The third kappa shape index (κ3) is 3.13. The molecule has 5 nitrogen and oxygen atoms in total. The Morgan fingerprint density at radius 3 is 2.21 bits per heavy atom. The minimum atomic E-state index is 0.545. The zero-order chi connectivity index (χ0) is 13.8. The van der Waals surface area contributed by atoms with Crippen LogP contribution in [0.1, 0.15) is 11.4 Å². The lowest BCUT2D eigenvalue weighted by Gasteiger charge is -2.12. The van der Waals surface area contributed by atoms with Crippen LogP contribution in [0.2, 0.25) is 0 Å². The van der Waals surface area contributed by atoms with E-state index in [1.165, 1.54) is 0 Å². The van der Waals surface area contributed by atoms with Gasteiger partial charge in [-0.2, -0.15) is 0 Å². The molecule has 0 saturated carbocycles. The van der Waals surface area contributed by atoms with Gasteiger partial charge in [0.25, 0.3) is 0 Å². The first kappa shape index (κ1) is 13.1. The third-order valence-corrected chi connectivity index (χ3v) is 2.64. The van der Waals surface area contributed by atoms with Gasteiger partial charge in [-0.25, -0.2) is 9.97 Å². The highest BCUT2D eigenvalue weighted by Gasteiger charge is 2.07. The number of hydrogen-bond donors (Lipinski definition) is 1. The second kappa shape index (κ2) is 5.56. The van der Waals surface area contributed by atoms with Crippen LogP contribution in [0.25, 0.3) is 0 Å². The molecule has 1 heterocycles. The number of methoxy groups -OCH3 is 2. The number of hydrogen-bond acceptors (Lipinski definition) is 5. The lowest BCUT2D eigenvalue weighted by Crippen LogP contribution is -2.01. The molecule has 19 heavy (non-hydrogen) atoms. The van der Waals surface area contributed by atoms with E-state index < -0.39 is 0 Å². The zero-order valence-electron chi connectivity index (χ0n) is 11.5. The van der Waals surface area contributed by atoms with Crippen LogP contribution in [-0.4, -0.2) is 24.2 Å². The number of nitrogens with zero attached hydrogens (tertiary/aromatic N) is 2. The number of nitrogens with one attached hydrogen (secondary N) is 1. The summed E-state index contributed by atoms with van der Waals surface area (Å²) in [4.78, 5) is 8.68. The van der Waals surface area contributed by atoms with Gasteiger partial charge in [-0.05, 0) is 32.0 Å². The molecule has 0 aliphatic rings. The van der Waals surface area contributed by atoms with Crippen LogP contribution in [0, 0.1) is 13.8 Å². The van der Waals surface area contributed by atoms with Crippen molar-refractivity contribution in [3.05, 3.63) is 35.7 Å². The fraction of sp³-hybridized carbons (Fsp3) is 0.286. The Balaban J connectivity index is 2.35. The van der Waals surface area contributed by atoms with Crippen molar-refractivity contribution in [1.29, 1.82) is 0 Å². The van der Waals surface area contributed by atoms with Gasteiger partial charge in [0.2, 0.25) is 5.95 Å². The van der Waals surface area contributed by atoms with E-state index in [1.54, 1.807) is 14.2 Å². The van der Waals surface area contributed by atoms with Gasteiger partial charge in [0, 0.05) is 17.5 Å². The van der Waals surface area contributed by atoms with E-state index in [2.05, 4.69) is 15.3 Å². The van der Waals surface area contributed by atoms with Crippen molar-refractivity contribution in [2.45, 2.75) is 13.8 Å². The number of rotatable bonds is 4. The predicted molar refractivity (Wildman–Crippen MR) is 74.3 cm³/mol. The van der Waals surface area contributed by atoms with Crippen molar-refractivity contribution in [1.82, 2.24) is 9.97 Å². The maximum atomic E-state index is 5.30. The maximum Gasteiger partial charge on any atom is 0.227 e. The molecule has 0 bridgehead atoms. The summed E-state index contributed by atoms with van der Waals surface area (Å²) in [6.07, 6.45) is 0. The molecule has 0 unspecified atom stereocenters. The summed E-state index contributed by atoms with van der Waals surface area (Å²) in [5.74, 6) is 2.00. The van der Waals surface area contributed by atoms with Crippen LogP contribution >= 0.6 is 0 Å². The van der Waals surface area contributed by atoms with Gasteiger partial charge in [-0.15, -0.1) is 0 Å². The molecule has 0 aliphatic carbocycles. The van der Waals surface area contributed by atoms with Gasteiger partial charge in [0.1, 0.15) is 11.5 Å². The Hall–Kier alpha value is -2.30. The van der Waals surface area contributed by atoms with Crippen LogP contribution in [0.3, 0.4) is 0 Å². The van der Waals surface area contributed by atoms with Gasteiger partial charge in [0.15, 0.2) is 0 Å². The van der Waals surface area contributed by atoms with E-state index in [0.717, 1.165) is 22.8 Å². The molecule has 100 valence electrons. The molecule has 0 amide bonds. The smallest absolute Gasteiger partial charge is 0.227 e. The van der Waals surface area contributed by atoms with E-state index >= 15 is 0 Å². The summed E-state index contributed by atoms with van der Waals surface area (Å²) in [6.45, 7) is 3.87. The summed E-state index contributed by atoms with van der Waals surface area (Å²) < 4.78 is 10.5. The average Bonchev–Trinajstić information content (AvgIpc) is 2.37. The first-order valence-corrected chi connectivity index (χ1v) is 5.93. The van der Waals surface area contributed by atoms with Crippen LogP contribution in [0.15, 0.2) is 24.3 Å². The van der Waals surface area contributed by atoms with E-state index in [1.807, 2.05) is 38.1 Å². The van der Waals surface area contributed by atoms with Gasteiger partial charge < -0.3 is 14.8 Å². The predicted octanol–water partition coefficient (Wildman–Crippen LogP) is 2.85. The normalized spacial score (nSPS) is 10.1. The van der Waals surface area contributed by atoms with E-state index in [9.17, 15) is 0 Å². The highest BCUT2D eigenvalue weighted by Crippen LogP contribution is 2.30. The molecule has 1 aromatic carbocycles. The molecule has 0 spiro atoms. The van der Waals surface area contributed by atoms with Gasteiger partial charge >= 0.3 is 0 Å². The van der Waals surface area contributed by atoms with Crippen molar-refractivity contribution in [3.8, 4) is 11.5 Å². The number of ether oxygens (including phenoxy) is 2. The number of aromatic nitrogens is 2. The molecule has 0 radical (unpaired) electrons. The highest BCUT2D eigenvalue weighted by atomic mass is 16.5. The first-order valence-electron chi connectivity index (χ1n) is 5.93. The number of aryl methyl sites for hydroxylation is 2. The molecule has 1 N–H and O–H groups in total. The van der Waals surface area contributed by atoms with Crippen molar-refractivity contribution in [2.75, 3.05) is 19.5 Å². The van der Waals surface area contributed by atoms with E-state index in [4.69, 9.17) is 9.47 Å². The quantitative estimate of drug-likeness (QED) is 0.915. The number of anilines is 2. The molecule has 2 rings (SSSR count). The fourth-order valence-electron chi connectivity index (χ4n) is 1.81. The van der Waals surface area contributed by atoms with E-state index in [-0.39, 0.29) is 0 Å². The molecule has 0 fully saturated rings. The lowest BCUT2D eigenvalue weighted by molar-refractivity contribution is 0.405. The molecule has 0 atom stereocenters. The van der Waals surface area contributed by atoms with Crippen LogP contribution in [-0.2, 0) is 0 Å². The topological polar surface area (TPSA) is 56.3 Å².